The lowest BCUT2D eigenvalue weighted by Gasteiger charge is -2.08. The number of nitro benzene ring substituents is 1. The lowest BCUT2D eigenvalue weighted by Crippen LogP contribution is -2.02. The van der Waals surface area contributed by atoms with E-state index in [1.165, 1.54) is 12.1 Å². The van der Waals surface area contributed by atoms with Crippen LogP contribution in [0, 0.1) is 10.1 Å². The Bertz CT molecular complexity index is 697. The number of hydrogen-bond donors (Lipinski definition) is 1. The van der Waals surface area contributed by atoms with E-state index in [0.29, 0.717) is 0 Å². The molecule has 1 aromatic heterocycles. The number of non-ortho nitro benzene ring substituents is 1. The Kier molecular flexibility index (Phi) is 4.20. The highest BCUT2D eigenvalue weighted by Gasteiger charge is 2.17. The molecule has 0 unspecified atom stereocenters. The standard InChI is InChI=1S/C11H5Cl2N3O5/c12-6-3-5(16(19)20)4-7(13)10(6)21-9-2-1-8(11(17)18)14-15-9/h1-4H,(H,17,18). The van der Waals surface area contributed by atoms with E-state index in [9.17, 15) is 14.9 Å². The third-order valence-corrected chi connectivity index (χ3v) is 2.82. The number of aromatic nitrogens is 2. The van der Waals surface area contributed by atoms with Gasteiger partial charge in [0, 0.05) is 18.2 Å². The number of hydrogen-bond acceptors (Lipinski definition) is 6. The summed E-state index contributed by atoms with van der Waals surface area (Å²) in [7, 11) is 0. The van der Waals surface area contributed by atoms with Gasteiger partial charge in [0.05, 0.1) is 15.0 Å². The lowest BCUT2D eigenvalue weighted by molar-refractivity contribution is -0.384. The molecule has 0 saturated carbocycles. The predicted octanol–water partition coefficient (Wildman–Crippen LogP) is 3.18. The fourth-order valence-electron chi connectivity index (χ4n) is 1.34. The largest absolute Gasteiger partial charge is 0.476 e. The maximum absolute atomic E-state index is 10.6. The van der Waals surface area contributed by atoms with Crippen LogP contribution in [0.2, 0.25) is 10.0 Å². The maximum Gasteiger partial charge on any atom is 0.356 e. The van der Waals surface area contributed by atoms with Crippen molar-refractivity contribution in [1.29, 1.82) is 0 Å². The minimum atomic E-state index is -1.24. The monoisotopic (exact) mass is 329 g/mol. The van der Waals surface area contributed by atoms with Crippen molar-refractivity contribution < 1.29 is 19.6 Å². The Hall–Kier alpha value is -2.45. The van der Waals surface area contributed by atoms with Crippen molar-refractivity contribution in [3.05, 3.63) is 50.1 Å². The molecule has 0 bridgehead atoms. The Morgan fingerprint density at radius 1 is 1.24 bits per heavy atom. The van der Waals surface area contributed by atoms with E-state index in [-0.39, 0.29) is 33.1 Å². The quantitative estimate of drug-likeness (QED) is 0.676. The van der Waals surface area contributed by atoms with Gasteiger partial charge < -0.3 is 9.84 Å². The van der Waals surface area contributed by atoms with Crippen LogP contribution in [0.5, 0.6) is 11.6 Å². The molecular formula is C11H5Cl2N3O5. The Morgan fingerprint density at radius 2 is 1.86 bits per heavy atom. The molecule has 0 fully saturated rings. The summed E-state index contributed by atoms with van der Waals surface area (Å²) in [6, 6.07) is 4.58. The zero-order valence-corrected chi connectivity index (χ0v) is 11.5. The van der Waals surface area contributed by atoms with Gasteiger partial charge in [0.1, 0.15) is 0 Å². The smallest absolute Gasteiger partial charge is 0.356 e. The summed E-state index contributed by atoms with van der Waals surface area (Å²) in [5.74, 6) is -1.33. The van der Waals surface area contributed by atoms with Gasteiger partial charge >= 0.3 is 5.97 Å². The van der Waals surface area contributed by atoms with Crippen molar-refractivity contribution in [2.45, 2.75) is 0 Å². The zero-order valence-electron chi connectivity index (χ0n) is 9.99. The first-order valence-electron chi connectivity index (χ1n) is 5.27. The maximum atomic E-state index is 10.6. The van der Waals surface area contributed by atoms with Crippen LogP contribution in [0.3, 0.4) is 0 Å². The summed E-state index contributed by atoms with van der Waals surface area (Å²) >= 11 is 11.7. The van der Waals surface area contributed by atoms with Crippen LogP contribution >= 0.6 is 23.2 Å². The number of benzene rings is 1. The van der Waals surface area contributed by atoms with Crippen LogP contribution in [0.15, 0.2) is 24.3 Å². The molecule has 2 rings (SSSR count). The molecule has 21 heavy (non-hydrogen) atoms. The number of ether oxygens (including phenoxy) is 1. The summed E-state index contributed by atoms with van der Waals surface area (Å²) in [6.45, 7) is 0. The number of rotatable bonds is 4. The van der Waals surface area contributed by atoms with Crippen molar-refractivity contribution in [3.63, 3.8) is 0 Å². The van der Waals surface area contributed by atoms with Crippen molar-refractivity contribution in [1.82, 2.24) is 10.2 Å². The number of carboxylic acids is 1. The minimum absolute atomic E-state index is 0.0405. The fraction of sp³-hybridized carbons (Fsp3) is 0. The topological polar surface area (TPSA) is 115 Å². The average molecular weight is 330 g/mol. The first-order chi connectivity index (χ1) is 9.88. The van der Waals surface area contributed by atoms with Crippen LogP contribution in [-0.4, -0.2) is 26.2 Å². The second-order valence-electron chi connectivity index (χ2n) is 3.66. The van der Waals surface area contributed by atoms with Gasteiger partial charge in [-0.25, -0.2) is 4.79 Å². The van der Waals surface area contributed by atoms with Gasteiger partial charge in [-0.05, 0) is 6.07 Å². The van der Waals surface area contributed by atoms with Gasteiger partial charge in [-0.15, -0.1) is 10.2 Å². The van der Waals surface area contributed by atoms with Crippen LogP contribution in [0.25, 0.3) is 0 Å². The molecule has 2 aromatic rings. The van der Waals surface area contributed by atoms with E-state index in [1.54, 1.807) is 0 Å². The molecule has 1 N–H and O–H groups in total. The third kappa shape index (κ3) is 3.36. The number of halogens is 2. The first-order valence-corrected chi connectivity index (χ1v) is 6.02. The van der Waals surface area contributed by atoms with Crippen LogP contribution < -0.4 is 4.74 Å². The van der Waals surface area contributed by atoms with Gasteiger partial charge in [0.25, 0.3) is 5.69 Å². The Balaban J connectivity index is 2.31. The van der Waals surface area contributed by atoms with E-state index in [0.717, 1.165) is 12.1 Å². The number of nitro groups is 1. The van der Waals surface area contributed by atoms with Crippen LogP contribution in [0.4, 0.5) is 5.69 Å². The van der Waals surface area contributed by atoms with Crippen LogP contribution in [0.1, 0.15) is 10.5 Å². The normalized spacial score (nSPS) is 10.2. The molecule has 0 atom stereocenters. The number of nitrogens with zero attached hydrogens (tertiary/aromatic N) is 3. The molecule has 10 heteroatoms. The van der Waals surface area contributed by atoms with Crippen LogP contribution in [-0.2, 0) is 0 Å². The second-order valence-corrected chi connectivity index (χ2v) is 4.47. The van der Waals surface area contributed by atoms with E-state index >= 15 is 0 Å². The second kappa shape index (κ2) is 5.90. The van der Waals surface area contributed by atoms with Gasteiger partial charge in [-0.2, -0.15) is 0 Å². The molecule has 0 aliphatic rings. The third-order valence-electron chi connectivity index (χ3n) is 2.26. The van der Waals surface area contributed by atoms with E-state index in [2.05, 4.69) is 10.2 Å². The molecule has 1 heterocycles. The summed E-state index contributed by atoms with van der Waals surface area (Å²) < 4.78 is 5.26. The zero-order chi connectivity index (χ0) is 15.6. The molecular weight excluding hydrogens is 325 g/mol. The van der Waals surface area contributed by atoms with E-state index in [4.69, 9.17) is 33.0 Å². The average Bonchev–Trinajstić information content (AvgIpc) is 2.43. The van der Waals surface area contributed by atoms with Gasteiger partial charge in [0.2, 0.25) is 5.88 Å². The Morgan fingerprint density at radius 3 is 2.29 bits per heavy atom. The molecule has 0 radical (unpaired) electrons. The summed E-state index contributed by atoms with van der Waals surface area (Å²) in [5.41, 5.74) is -0.548. The highest BCUT2D eigenvalue weighted by atomic mass is 35.5. The van der Waals surface area contributed by atoms with E-state index in [1.807, 2.05) is 0 Å². The summed E-state index contributed by atoms with van der Waals surface area (Å²) in [4.78, 5) is 20.6. The van der Waals surface area contributed by atoms with Gasteiger partial charge in [-0.1, -0.05) is 23.2 Å². The SMILES string of the molecule is O=C(O)c1ccc(Oc2c(Cl)cc([N+](=O)[O-])cc2Cl)nn1. The van der Waals surface area contributed by atoms with E-state index < -0.39 is 10.9 Å². The predicted molar refractivity (Wildman–Crippen MR) is 72.2 cm³/mol. The molecule has 0 spiro atoms. The molecule has 8 nitrogen and oxygen atoms in total. The highest BCUT2D eigenvalue weighted by molar-refractivity contribution is 6.37. The van der Waals surface area contributed by atoms with Gasteiger partial charge in [-0.3, -0.25) is 10.1 Å². The molecule has 1 aromatic carbocycles. The summed E-state index contributed by atoms with van der Waals surface area (Å²) in [5, 5.41) is 26.1. The lowest BCUT2D eigenvalue weighted by atomic mass is 10.3. The first kappa shape index (κ1) is 14.9. The molecule has 0 aliphatic carbocycles. The molecule has 0 saturated heterocycles. The number of carbonyl (C=O) groups is 1. The number of aromatic carboxylic acids is 1. The highest BCUT2D eigenvalue weighted by Crippen LogP contribution is 2.38. The van der Waals surface area contributed by atoms with Crippen molar-refractivity contribution in [2.75, 3.05) is 0 Å². The van der Waals surface area contributed by atoms with Crippen molar-refractivity contribution >= 4 is 34.9 Å². The molecule has 0 aliphatic heterocycles. The molecule has 0 amide bonds. The number of carboxylic acid groups (broad SMARTS) is 1. The molecule has 108 valence electrons. The summed E-state index contributed by atoms with van der Waals surface area (Å²) in [6.07, 6.45) is 0. The fourth-order valence-corrected chi connectivity index (χ4v) is 1.90. The Labute approximate surface area is 127 Å². The van der Waals surface area contributed by atoms with Crippen molar-refractivity contribution in [2.24, 2.45) is 0 Å². The van der Waals surface area contributed by atoms with Gasteiger partial charge in [0.15, 0.2) is 11.4 Å². The minimum Gasteiger partial charge on any atom is -0.476 e. The van der Waals surface area contributed by atoms with Crippen molar-refractivity contribution in [3.8, 4) is 11.6 Å².